The van der Waals surface area contributed by atoms with E-state index in [0.29, 0.717) is 23.8 Å². The summed E-state index contributed by atoms with van der Waals surface area (Å²) in [7, 11) is 0. The minimum atomic E-state index is -0.309. The summed E-state index contributed by atoms with van der Waals surface area (Å²) in [6.07, 6.45) is 15.5. The number of hydrogen-bond acceptors (Lipinski definition) is 1. The maximum absolute atomic E-state index is 14.1. The zero-order chi connectivity index (χ0) is 18.6. The van der Waals surface area contributed by atoms with Gasteiger partial charge in [0.15, 0.2) is 0 Å². The highest BCUT2D eigenvalue weighted by Gasteiger charge is 2.18. The average molecular weight is 357 g/mol. The number of hydrogen-bond donors (Lipinski definition) is 0. The van der Waals surface area contributed by atoms with Crippen LogP contribution in [0.25, 0.3) is 0 Å². The first-order chi connectivity index (χ1) is 12.7. The summed E-state index contributed by atoms with van der Waals surface area (Å²) in [5.74, 6) is 7.75. The minimum absolute atomic E-state index is 0.309. The van der Waals surface area contributed by atoms with Crippen LogP contribution in [-0.2, 0) is 0 Å². The zero-order valence-electron chi connectivity index (χ0n) is 16.4. The number of benzene rings is 1. The van der Waals surface area contributed by atoms with Crippen LogP contribution >= 0.6 is 0 Å². The number of rotatable bonds is 8. The highest BCUT2D eigenvalue weighted by molar-refractivity contribution is 5.41. The molecule has 0 unspecified atom stereocenters. The van der Waals surface area contributed by atoms with E-state index in [1.54, 1.807) is 12.1 Å². The summed E-state index contributed by atoms with van der Waals surface area (Å²) < 4.78 is 19.6. The Kier molecular flexibility index (Phi) is 9.32. The highest BCUT2D eigenvalue weighted by Crippen LogP contribution is 2.32. The van der Waals surface area contributed by atoms with Crippen LogP contribution in [0.2, 0.25) is 0 Å². The molecule has 0 aromatic heterocycles. The Morgan fingerprint density at radius 1 is 1.12 bits per heavy atom. The third-order valence-corrected chi connectivity index (χ3v) is 5.22. The lowest BCUT2D eigenvalue weighted by Crippen LogP contribution is -2.12. The van der Waals surface area contributed by atoms with Crippen molar-refractivity contribution in [2.75, 3.05) is 6.61 Å². The monoisotopic (exact) mass is 356 g/mol. The van der Waals surface area contributed by atoms with Crippen molar-refractivity contribution in [2.24, 2.45) is 11.8 Å². The number of unbranched alkanes of at least 4 members (excludes halogenated alkanes) is 2. The SMILES string of the molecule is CCCCOc1ccc(C#CC=C[C@H]2CC[C@H](CCCC)CC2)c(F)c1. The van der Waals surface area contributed by atoms with Gasteiger partial charge in [-0.05, 0) is 62.1 Å². The van der Waals surface area contributed by atoms with E-state index >= 15 is 0 Å². The normalized spacial score (nSPS) is 20.0. The minimum Gasteiger partial charge on any atom is -0.493 e. The van der Waals surface area contributed by atoms with Crippen LogP contribution < -0.4 is 4.74 Å². The van der Waals surface area contributed by atoms with Crippen molar-refractivity contribution < 1.29 is 9.13 Å². The van der Waals surface area contributed by atoms with Gasteiger partial charge in [-0.15, -0.1) is 0 Å². The summed E-state index contributed by atoms with van der Waals surface area (Å²) in [4.78, 5) is 0. The van der Waals surface area contributed by atoms with Gasteiger partial charge in [0.25, 0.3) is 0 Å². The van der Waals surface area contributed by atoms with Crippen molar-refractivity contribution in [3.8, 4) is 17.6 Å². The lowest BCUT2D eigenvalue weighted by atomic mass is 9.80. The van der Waals surface area contributed by atoms with E-state index in [1.165, 1.54) is 51.0 Å². The van der Waals surface area contributed by atoms with Crippen molar-refractivity contribution in [3.63, 3.8) is 0 Å². The molecule has 2 heteroatoms. The molecule has 0 heterocycles. The van der Waals surface area contributed by atoms with E-state index in [2.05, 4.69) is 31.8 Å². The van der Waals surface area contributed by atoms with Crippen molar-refractivity contribution >= 4 is 0 Å². The molecule has 1 aromatic carbocycles. The molecule has 1 nitrogen and oxygen atoms in total. The molecule has 142 valence electrons. The topological polar surface area (TPSA) is 9.23 Å². The standard InChI is InChI=1S/C24H33FO/c1-3-5-9-20-12-14-21(15-13-20)10-7-8-11-22-16-17-23(19-24(22)25)26-18-6-4-2/h7,10,16-17,19-21H,3-6,9,12-15,18H2,1-2H3/t20-,21-. The Morgan fingerprint density at radius 3 is 2.58 bits per heavy atom. The van der Waals surface area contributed by atoms with Crippen LogP contribution in [0.15, 0.2) is 30.4 Å². The molecule has 0 aliphatic heterocycles. The van der Waals surface area contributed by atoms with Gasteiger partial charge in [0.05, 0.1) is 12.2 Å². The summed E-state index contributed by atoms with van der Waals surface area (Å²) >= 11 is 0. The first-order valence-corrected chi connectivity index (χ1v) is 10.3. The van der Waals surface area contributed by atoms with Crippen molar-refractivity contribution in [1.82, 2.24) is 0 Å². The Morgan fingerprint density at radius 2 is 1.88 bits per heavy atom. The van der Waals surface area contributed by atoms with E-state index in [1.807, 2.05) is 6.08 Å². The van der Waals surface area contributed by atoms with E-state index in [-0.39, 0.29) is 5.82 Å². The Balaban J connectivity index is 1.79. The summed E-state index contributed by atoms with van der Waals surface area (Å²) in [6.45, 7) is 5.00. The average Bonchev–Trinajstić information content (AvgIpc) is 2.66. The fourth-order valence-corrected chi connectivity index (χ4v) is 3.49. The molecule has 0 saturated heterocycles. The largest absolute Gasteiger partial charge is 0.493 e. The lowest BCUT2D eigenvalue weighted by Gasteiger charge is -2.26. The Bertz CT molecular complexity index is 615. The second-order valence-corrected chi connectivity index (χ2v) is 7.40. The van der Waals surface area contributed by atoms with Crippen LogP contribution in [0.4, 0.5) is 4.39 Å². The molecule has 0 radical (unpaired) electrons. The van der Waals surface area contributed by atoms with Crippen LogP contribution in [0.5, 0.6) is 5.75 Å². The van der Waals surface area contributed by atoms with E-state index in [9.17, 15) is 4.39 Å². The van der Waals surface area contributed by atoms with Crippen molar-refractivity contribution in [2.45, 2.75) is 71.6 Å². The van der Waals surface area contributed by atoms with Gasteiger partial charge in [-0.25, -0.2) is 4.39 Å². The fourth-order valence-electron chi connectivity index (χ4n) is 3.49. The van der Waals surface area contributed by atoms with Gasteiger partial charge in [0.1, 0.15) is 11.6 Å². The molecule has 0 N–H and O–H groups in total. The van der Waals surface area contributed by atoms with Crippen LogP contribution in [-0.4, -0.2) is 6.61 Å². The molecule has 0 atom stereocenters. The van der Waals surface area contributed by atoms with Gasteiger partial charge < -0.3 is 4.74 Å². The van der Waals surface area contributed by atoms with Gasteiger partial charge in [-0.3, -0.25) is 0 Å². The predicted molar refractivity (Wildman–Crippen MR) is 108 cm³/mol. The van der Waals surface area contributed by atoms with Gasteiger partial charge in [0.2, 0.25) is 0 Å². The van der Waals surface area contributed by atoms with Gasteiger partial charge in [0, 0.05) is 6.07 Å². The zero-order valence-corrected chi connectivity index (χ0v) is 16.4. The molecule has 1 aromatic rings. The molecule has 0 spiro atoms. The highest BCUT2D eigenvalue weighted by atomic mass is 19.1. The van der Waals surface area contributed by atoms with Gasteiger partial charge in [-0.1, -0.05) is 57.4 Å². The molecule has 1 fully saturated rings. The van der Waals surface area contributed by atoms with Crippen molar-refractivity contribution in [1.29, 1.82) is 0 Å². The third-order valence-electron chi connectivity index (χ3n) is 5.22. The Hall–Kier alpha value is -1.75. The van der Waals surface area contributed by atoms with Gasteiger partial charge in [-0.2, -0.15) is 0 Å². The predicted octanol–water partition coefficient (Wildman–Crippen LogP) is 6.91. The lowest BCUT2D eigenvalue weighted by molar-refractivity contribution is 0.291. The maximum Gasteiger partial charge on any atom is 0.142 e. The first kappa shape index (κ1) is 20.6. The molecule has 1 aliphatic rings. The molecule has 2 rings (SSSR count). The number of ether oxygens (including phenoxy) is 1. The first-order valence-electron chi connectivity index (χ1n) is 10.3. The van der Waals surface area contributed by atoms with Crippen LogP contribution in [0.3, 0.4) is 0 Å². The van der Waals surface area contributed by atoms with Crippen LogP contribution in [0.1, 0.15) is 77.2 Å². The second-order valence-electron chi connectivity index (χ2n) is 7.40. The third kappa shape index (κ3) is 7.24. The number of allylic oxidation sites excluding steroid dienone is 2. The molecule has 1 saturated carbocycles. The molecular weight excluding hydrogens is 323 g/mol. The van der Waals surface area contributed by atoms with Crippen LogP contribution in [0, 0.1) is 29.5 Å². The van der Waals surface area contributed by atoms with E-state index < -0.39 is 0 Å². The second kappa shape index (κ2) is 11.8. The molecule has 0 amide bonds. The molecular formula is C24H33FO. The molecule has 1 aliphatic carbocycles. The van der Waals surface area contributed by atoms with E-state index in [4.69, 9.17) is 4.74 Å². The molecule has 26 heavy (non-hydrogen) atoms. The summed E-state index contributed by atoms with van der Waals surface area (Å²) in [5, 5.41) is 0. The smallest absolute Gasteiger partial charge is 0.142 e. The maximum atomic E-state index is 14.1. The van der Waals surface area contributed by atoms with Gasteiger partial charge >= 0.3 is 0 Å². The Labute approximate surface area is 159 Å². The summed E-state index contributed by atoms with van der Waals surface area (Å²) in [6, 6.07) is 4.93. The summed E-state index contributed by atoms with van der Waals surface area (Å²) in [5.41, 5.74) is 0.431. The van der Waals surface area contributed by atoms with E-state index in [0.717, 1.165) is 18.8 Å². The fraction of sp³-hybridized carbons (Fsp3) is 0.583. The number of halogens is 1. The molecule has 0 bridgehead atoms. The van der Waals surface area contributed by atoms with Crippen molar-refractivity contribution in [3.05, 3.63) is 41.7 Å². The quantitative estimate of drug-likeness (QED) is 0.363.